The van der Waals surface area contributed by atoms with Gasteiger partial charge < -0.3 is 4.90 Å². The van der Waals surface area contributed by atoms with E-state index >= 15 is 0 Å². The fraction of sp³-hybridized carbons (Fsp3) is 0.280. The first kappa shape index (κ1) is 21.7. The molecular weight excluding hydrogens is 441 g/mol. The highest BCUT2D eigenvalue weighted by atomic mass is 32.2. The summed E-state index contributed by atoms with van der Waals surface area (Å²) in [4.78, 5) is 19.0. The Balaban J connectivity index is 1.35. The van der Waals surface area contributed by atoms with Gasteiger partial charge in [-0.05, 0) is 73.2 Å². The number of nitrogens with two attached hydrogens (primary N) is 1. The Hall–Kier alpha value is -3.10. The van der Waals surface area contributed by atoms with Crippen molar-refractivity contribution in [2.24, 2.45) is 11.1 Å². The number of hydrogen-bond acceptors (Lipinski definition) is 5. The first-order valence-corrected chi connectivity index (χ1v) is 12.4. The van der Waals surface area contributed by atoms with Crippen LogP contribution < -0.4 is 10.0 Å². The third-order valence-electron chi connectivity index (χ3n) is 6.68. The maximum absolute atomic E-state index is 14.3. The first-order valence-electron chi connectivity index (χ1n) is 10.9. The van der Waals surface area contributed by atoms with Crippen molar-refractivity contribution in [1.29, 1.82) is 0 Å². The largest absolute Gasteiger partial charge is 0.361 e. The van der Waals surface area contributed by atoms with Crippen LogP contribution >= 0.6 is 0 Å². The standard InChI is InChI=1S/C25H24FN3O3S/c1-15-8-19-12-21(26)25(33(27,31)32)13-23(19)29(15)14-24(30)20-9-16-5-6-17(10-18(16)11-20)22-4-2-3-7-28-22/h2-7,10,12-13,15,20H,8-9,11,14H2,1H3,(H2,27,31,32)/t15-,20-/m1/s1. The molecule has 0 amide bonds. The van der Waals surface area contributed by atoms with E-state index in [1.165, 1.54) is 17.7 Å². The van der Waals surface area contributed by atoms with Gasteiger partial charge in [-0.1, -0.05) is 18.2 Å². The summed E-state index contributed by atoms with van der Waals surface area (Å²) in [6, 6.07) is 14.5. The van der Waals surface area contributed by atoms with Crippen LogP contribution in [0.2, 0.25) is 0 Å². The fourth-order valence-electron chi connectivity index (χ4n) is 4.98. The van der Waals surface area contributed by atoms with Gasteiger partial charge in [0.2, 0.25) is 10.0 Å². The summed E-state index contributed by atoms with van der Waals surface area (Å²) in [5, 5.41) is 5.18. The predicted octanol–water partition coefficient (Wildman–Crippen LogP) is 3.27. The Kier molecular flexibility index (Phi) is 5.29. The Morgan fingerprint density at radius 2 is 1.88 bits per heavy atom. The summed E-state index contributed by atoms with van der Waals surface area (Å²) in [6.07, 6.45) is 3.65. The third-order valence-corrected chi connectivity index (χ3v) is 7.60. The number of ketones is 1. The smallest absolute Gasteiger partial charge is 0.241 e. The van der Waals surface area contributed by atoms with Gasteiger partial charge in [0.25, 0.3) is 0 Å². The number of halogens is 1. The van der Waals surface area contributed by atoms with E-state index in [-0.39, 0.29) is 24.3 Å². The number of primary sulfonamides is 1. The quantitative estimate of drug-likeness (QED) is 0.624. The summed E-state index contributed by atoms with van der Waals surface area (Å²) < 4.78 is 37.8. The highest BCUT2D eigenvalue weighted by Crippen LogP contribution is 2.36. The Labute approximate surface area is 192 Å². The van der Waals surface area contributed by atoms with Gasteiger partial charge >= 0.3 is 0 Å². The van der Waals surface area contributed by atoms with E-state index in [2.05, 4.69) is 17.1 Å². The molecule has 8 heteroatoms. The molecule has 0 saturated carbocycles. The van der Waals surface area contributed by atoms with Crippen molar-refractivity contribution in [3.8, 4) is 11.3 Å². The van der Waals surface area contributed by atoms with Crippen LogP contribution in [-0.4, -0.2) is 31.8 Å². The number of hydrogen-bond donors (Lipinski definition) is 1. The Bertz CT molecular complexity index is 1360. The molecule has 3 aromatic rings. The van der Waals surface area contributed by atoms with Crippen LogP contribution in [0.5, 0.6) is 0 Å². The molecule has 0 bridgehead atoms. The molecule has 5 rings (SSSR count). The molecule has 170 valence electrons. The minimum absolute atomic E-state index is 0.0429. The highest BCUT2D eigenvalue weighted by molar-refractivity contribution is 7.89. The van der Waals surface area contributed by atoms with Crippen LogP contribution in [0.4, 0.5) is 10.1 Å². The number of carbonyl (C=O) groups excluding carboxylic acids is 1. The van der Waals surface area contributed by atoms with Gasteiger partial charge in [-0.3, -0.25) is 9.78 Å². The van der Waals surface area contributed by atoms with Gasteiger partial charge in [0, 0.05) is 29.4 Å². The van der Waals surface area contributed by atoms with Gasteiger partial charge in [-0.25, -0.2) is 17.9 Å². The van der Waals surface area contributed by atoms with E-state index in [4.69, 9.17) is 5.14 Å². The second kappa shape index (κ2) is 8.04. The van der Waals surface area contributed by atoms with Crippen molar-refractivity contribution < 1.29 is 17.6 Å². The molecule has 2 aromatic carbocycles. The minimum Gasteiger partial charge on any atom is -0.361 e. The number of aromatic nitrogens is 1. The summed E-state index contributed by atoms with van der Waals surface area (Å²) in [5.41, 5.74) is 5.51. The lowest BCUT2D eigenvalue weighted by Gasteiger charge is -2.25. The van der Waals surface area contributed by atoms with Gasteiger partial charge in [0.15, 0.2) is 5.78 Å². The number of Topliss-reactive ketones (excluding diaryl/α,β-unsaturated/α-hetero) is 1. The maximum atomic E-state index is 14.3. The molecule has 0 spiro atoms. The highest BCUT2D eigenvalue weighted by Gasteiger charge is 2.34. The lowest BCUT2D eigenvalue weighted by molar-refractivity contribution is -0.121. The summed E-state index contributed by atoms with van der Waals surface area (Å²) in [7, 11) is -4.20. The van der Waals surface area contributed by atoms with Crippen LogP contribution in [0.25, 0.3) is 11.3 Å². The zero-order valence-electron chi connectivity index (χ0n) is 18.2. The molecule has 0 radical (unpaired) electrons. The molecule has 6 nitrogen and oxygen atoms in total. The van der Waals surface area contributed by atoms with Crippen molar-refractivity contribution in [3.63, 3.8) is 0 Å². The molecule has 0 unspecified atom stereocenters. The minimum atomic E-state index is -4.20. The number of sulfonamides is 1. The van der Waals surface area contributed by atoms with E-state index in [1.54, 1.807) is 6.20 Å². The van der Waals surface area contributed by atoms with E-state index in [1.807, 2.05) is 36.1 Å². The zero-order chi connectivity index (χ0) is 23.3. The number of nitrogens with zero attached hydrogens (tertiary/aromatic N) is 2. The zero-order valence-corrected chi connectivity index (χ0v) is 19.0. The van der Waals surface area contributed by atoms with Crippen LogP contribution in [0.1, 0.15) is 23.6 Å². The maximum Gasteiger partial charge on any atom is 0.241 e. The Morgan fingerprint density at radius 1 is 1.09 bits per heavy atom. The van der Waals surface area contributed by atoms with Gasteiger partial charge in [0.05, 0.1) is 12.2 Å². The van der Waals surface area contributed by atoms with E-state index in [0.717, 1.165) is 16.8 Å². The van der Waals surface area contributed by atoms with Crippen LogP contribution in [0.3, 0.4) is 0 Å². The van der Waals surface area contributed by atoms with Gasteiger partial charge in [0.1, 0.15) is 10.7 Å². The lowest BCUT2D eigenvalue weighted by Crippen LogP contribution is -2.37. The molecule has 1 aromatic heterocycles. The van der Waals surface area contributed by atoms with Crippen molar-refractivity contribution in [3.05, 3.63) is 77.2 Å². The van der Waals surface area contributed by atoms with Crippen LogP contribution in [0, 0.1) is 11.7 Å². The predicted molar refractivity (Wildman–Crippen MR) is 124 cm³/mol. The third kappa shape index (κ3) is 4.05. The normalized spacial score (nSPS) is 19.4. The van der Waals surface area contributed by atoms with Crippen molar-refractivity contribution in [2.75, 3.05) is 11.4 Å². The number of anilines is 1. The second-order valence-corrected chi connectivity index (χ2v) is 10.4. The average Bonchev–Trinajstić information content (AvgIpc) is 3.33. The average molecular weight is 466 g/mol. The van der Waals surface area contributed by atoms with Crippen molar-refractivity contribution in [2.45, 2.75) is 37.1 Å². The summed E-state index contributed by atoms with van der Waals surface area (Å²) in [5.74, 6) is -0.910. The molecule has 1 aliphatic carbocycles. The molecule has 1 aliphatic heterocycles. The van der Waals surface area contributed by atoms with Crippen molar-refractivity contribution >= 4 is 21.5 Å². The number of fused-ring (bicyclic) bond motifs is 2. The topological polar surface area (TPSA) is 93.4 Å². The fourth-order valence-corrected chi connectivity index (χ4v) is 5.58. The van der Waals surface area contributed by atoms with Crippen LogP contribution in [0.15, 0.2) is 59.6 Å². The molecule has 2 atom stereocenters. The van der Waals surface area contributed by atoms with Crippen molar-refractivity contribution in [1.82, 2.24) is 4.98 Å². The summed E-state index contributed by atoms with van der Waals surface area (Å²) >= 11 is 0. The molecule has 2 N–H and O–H groups in total. The molecule has 2 heterocycles. The van der Waals surface area contributed by atoms with Crippen LogP contribution in [-0.2, 0) is 34.1 Å². The number of carbonyl (C=O) groups is 1. The van der Waals surface area contributed by atoms with E-state index < -0.39 is 20.7 Å². The number of benzene rings is 2. The first-order chi connectivity index (χ1) is 15.7. The molecule has 0 fully saturated rings. The van der Waals surface area contributed by atoms with E-state index in [9.17, 15) is 17.6 Å². The molecular formula is C25H24FN3O3S. The molecule has 2 aliphatic rings. The lowest BCUT2D eigenvalue weighted by atomic mass is 10.00. The number of pyridine rings is 1. The van der Waals surface area contributed by atoms with E-state index in [0.29, 0.717) is 30.5 Å². The van der Waals surface area contributed by atoms with Gasteiger partial charge in [-0.2, -0.15) is 0 Å². The summed E-state index contributed by atoms with van der Waals surface area (Å²) in [6.45, 7) is 2.10. The van der Waals surface area contributed by atoms with Gasteiger partial charge in [-0.15, -0.1) is 0 Å². The molecule has 33 heavy (non-hydrogen) atoms. The SMILES string of the molecule is C[C@@H]1Cc2cc(F)c(S(N)(=O)=O)cc2N1CC(=O)[C@@H]1Cc2ccc(-c3ccccn3)cc2C1. The molecule has 0 saturated heterocycles. The monoisotopic (exact) mass is 465 g/mol. The number of rotatable bonds is 5. The second-order valence-electron chi connectivity index (χ2n) is 8.91. The Morgan fingerprint density at radius 3 is 2.61 bits per heavy atom.